The maximum Gasteiger partial charge on any atom is 0.292 e. The molecular weight excluding hydrogens is 223 g/mol. The second-order valence-electron chi connectivity index (χ2n) is 3.91. The highest BCUT2D eigenvalue weighted by Gasteiger charge is 2.13. The Morgan fingerprint density at radius 2 is 2.12 bits per heavy atom. The van der Waals surface area contributed by atoms with E-state index >= 15 is 0 Å². The minimum atomic E-state index is -0.506. The molecule has 0 fully saturated rings. The lowest BCUT2D eigenvalue weighted by atomic mass is 10.2. The Kier molecular flexibility index (Phi) is 5.39. The lowest BCUT2D eigenvalue weighted by Crippen LogP contribution is -2.04. The van der Waals surface area contributed by atoms with Crippen LogP contribution < -0.4 is 5.32 Å². The van der Waals surface area contributed by atoms with Gasteiger partial charge in [0.2, 0.25) is 0 Å². The molecule has 0 saturated heterocycles. The van der Waals surface area contributed by atoms with Crippen LogP contribution in [0, 0.1) is 15.9 Å². The average molecular weight is 240 g/mol. The van der Waals surface area contributed by atoms with Crippen molar-refractivity contribution in [3.63, 3.8) is 0 Å². The van der Waals surface area contributed by atoms with Gasteiger partial charge in [-0.05, 0) is 12.5 Å². The molecule has 0 spiro atoms. The second kappa shape index (κ2) is 6.83. The predicted molar refractivity (Wildman–Crippen MR) is 65.7 cm³/mol. The minimum absolute atomic E-state index is 0.0816. The van der Waals surface area contributed by atoms with Gasteiger partial charge in [0.05, 0.1) is 4.92 Å². The second-order valence-corrected chi connectivity index (χ2v) is 3.91. The van der Waals surface area contributed by atoms with E-state index in [0.717, 1.165) is 37.8 Å². The zero-order valence-electron chi connectivity index (χ0n) is 9.91. The predicted octanol–water partition coefficient (Wildman–Crippen LogP) is 3.73. The van der Waals surface area contributed by atoms with E-state index in [-0.39, 0.29) is 11.4 Å². The molecule has 0 aliphatic carbocycles. The molecule has 0 heterocycles. The Morgan fingerprint density at radius 1 is 1.35 bits per heavy atom. The largest absolute Gasteiger partial charge is 0.379 e. The highest BCUT2D eigenvalue weighted by molar-refractivity contribution is 5.61. The zero-order chi connectivity index (χ0) is 12.7. The maximum atomic E-state index is 13.0. The van der Waals surface area contributed by atoms with Gasteiger partial charge in [-0.25, -0.2) is 4.39 Å². The summed E-state index contributed by atoms with van der Waals surface area (Å²) in [5, 5.41) is 13.6. The Balaban J connectivity index is 2.56. The number of hydrogen-bond acceptors (Lipinski definition) is 3. The fourth-order valence-corrected chi connectivity index (χ4v) is 1.58. The first kappa shape index (κ1) is 13.4. The summed E-state index contributed by atoms with van der Waals surface area (Å²) in [5.41, 5.74) is 0.174. The van der Waals surface area contributed by atoms with Crippen molar-refractivity contribution in [3.05, 3.63) is 34.1 Å². The van der Waals surface area contributed by atoms with Crippen LogP contribution in [0.1, 0.15) is 32.6 Å². The summed E-state index contributed by atoms with van der Waals surface area (Å²) >= 11 is 0. The van der Waals surface area contributed by atoms with Crippen LogP contribution in [0.25, 0.3) is 0 Å². The normalized spacial score (nSPS) is 10.2. The van der Waals surface area contributed by atoms with E-state index in [1.54, 1.807) is 0 Å². The van der Waals surface area contributed by atoms with Crippen molar-refractivity contribution in [3.8, 4) is 0 Å². The summed E-state index contributed by atoms with van der Waals surface area (Å²) in [6.07, 6.45) is 4.29. The minimum Gasteiger partial charge on any atom is -0.379 e. The van der Waals surface area contributed by atoms with E-state index in [1.165, 1.54) is 6.07 Å². The van der Waals surface area contributed by atoms with Crippen LogP contribution >= 0.6 is 0 Å². The summed E-state index contributed by atoms with van der Waals surface area (Å²) in [6, 6.07) is 3.45. The van der Waals surface area contributed by atoms with Gasteiger partial charge in [-0.2, -0.15) is 0 Å². The van der Waals surface area contributed by atoms with Crippen LogP contribution in [0.5, 0.6) is 0 Å². The summed E-state index contributed by atoms with van der Waals surface area (Å²) in [5.74, 6) is -0.466. The molecule has 0 atom stereocenters. The number of rotatable bonds is 7. The quantitative estimate of drug-likeness (QED) is 0.449. The molecule has 94 valence electrons. The Bertz CT molecular complexity index is 383. The van der Waals surface area contributed by atoms with E-state index in [1.807, 2.05) is 0 Å². The first-order chi connectivity index (χ1) is 8.15. The van der Waals surface area contributed by atoms with Crippen LogP contribution in [-0.2, 0) is 0 Å². The molecule has 1 N–H and O–H groups in total. The number of hydrogen-bond donors (Lipinski definition) is 1. The van der Waals surface area contributed by atoms with Crippen LogP contribution in [-0.4, -0.2) is 11.5 Å². The van der Waals surface area contributed by atoms with Crippen molar-refractivity contribution in [2.45, 2.75) is 32.6 Å². The Morgan fingerprint density at radius 3 is 2.76 bits per heavy atom. The molecule has 1 rings (SSSR count). The summed E-state index contributed by atoms with van der Waals surface area (Å²) < 4.78 is 13.0. The first-order valence-electron chi connectivity index (χ1n) is 5.83. The van der Waals surface area contributed by atoms with Crippen molar-refractivity contribution < 1.29 is 9.31 Å². The third-order valence-electron chi connectivity index (χ3n) is 2.50. The Hall–Kier alpha value is -1.65. The van der Waals surface area contributed by atoms with Gasteiger partial charge in [0, 0.05) is 18.7 Å². The number of unbranched alkanes of at least 4 members (excludes halogenated alkanes) is 3. The number of nitrogens with one attached hydrogen (secondary N) is 1. The SMILES string of the molecule is CCCCCCNc1cc(F)ccc1[N+](=O)[O-]. The molecule has 1 aromatic rings. The number of halogens is 1. The highest BCUT2D eigenvalue weighted by atomic mass is 19.1. The van der Waals surface area contributed by atoms with Crippen molar-refractivity contribution in [2.24, 2.45) is 0 Å². The standard InChI is InChI=1S/C12H17FN2O2/c1-2-3-4-5-8-14-11-9-10(13)6-7-12(11)15(16)17/h6-7,9,14H,2-5,8H2,1H3. The molecule has 0 aromatic heterocycles. The molecule has 0 saturated carbocycles. The molecule has 0 aliphatic heterocycles. The summed E-state index contributed by atoms with van der Waals surface area (Å²) in [7, 11) is 0. The van der Waals surface area contributed by atoms with Crippen molar-refractivity contribution >= 4 is 11.4 Å². The van der Waals surface area contributed by atoms with Crippen LogP contribution in [0.15, 0.2) is 18.2 Å². The van der Waals surface area contributed by atoms with E-state index in [4.69, 9.17) is 0 Å². The van der Waals surface area contributed by atoms with E-state index < -0.39 is 10.7 Å². The topological polar surface area (TPSA) is 55.2 Å². The van der Waals surface area contributed by atoms with E-state index in [0.29, 0.717) is 6.54 Å². The van der Waals surface area contributed by atoms with Crippen molar-refractivity contribution in [2.75, 3.05) is 11.9 Å². The van der Waals surface area contributed by atoms with Crippen LogP contribution in [0.2, 0.25) is 0 Å². The fourth-order valence-electron chi connectivity index (χ4n) is 1.58. The van der Waals surface area contributed by atoms with Gasteiger partial charge in [-0.1, -0.05) is 26.2 Å². The van der Waals surface area contributed by atoms with Crippen molar-refractivity contribution in [1.82, 2.24) is 0 Å². The molecule has 4 nitrogen and oxygen atoms in total. The molecule has 0 unspecified atom stereocenters. The first-order valence-corrected chi connectivity index (χ1v) is 5.83. The number of nitrogens with zero attached hydrogens (tertiary/aromatic N) is 1. The van der Waals surface area contributed by atoms with E-state index in [2.05, 4.69) is 12.2 Å². The van der Waals surface area contributed by atoms with Gasteiger partial charge < -0.3 is 5.32 Å². The Labute approximate surface area is 100.0 Å². The number of benzene rings is 1. The molecule has 0 bridgehead atoms. The van der Waals surface area contributed by atoms with Gasteiger partial charge >= 0.3 is 0 Å². The van der Waals surface area contributed by atoms with E-state index in [9.17, 15) is 14.5 Å². The third-order valence-corrected chi connectivity index (χ3v) is 2.50. The molecule has 0 aliphatic rings. The number of anilines is 1. The zero-order valence-corrected chi connectivity index (χ0v) is 9.91. The molecule has 0 radical (unpaired) electrons. The summed E-state index contributed by atoms with van der Waals surface area (Å²) in [4.78, 5) is 10.2. The summed E-state index contributed by atoms with van der Waals surface area (Å²) in [6.45, 7) is 2.75. The molecule has 0 amide bonds. The lowest BCUT2D eigenvalue weighted by Gasteiger charge is -2.06. The smallest absolute Gasteiger partial charge is 0.292 e. The van der Waals surface area contributed by atoms with Gasteiger partial charge in [-0.3, -0.25) is 10.1 Å². The molecule has 17 heavy (non-hydrogen) atoms. The van der Waals surface area contributed by atoms with Gasteiger partial charge in [0.15, 0.2) is 0 Å². The molecular formula is C12H17FN2O2. The monoisotopic (exact) mass is 240 g/mol. The number of nitro benzene ring substituents is 1. The van der Waals surface area contributed by atoms with Gasteiger partial charge in [-0.15, -0.1) is 0 Å². The highest BCUT2D eigenvalue weighted by Crippen LogP contribution is 2.24. The number of nitro groups is 1. The lowest BCUT2D eigenvalue weighted by molar-refractivity contribution is -0.384. The fraction of sp³-hybridized carbons (Fsp3) is 0.500. The van der Waals surface area contributed by atoms with Crippen LogP contribution in [0.3, 0.4) is 0 Å². The maximum absolute atomic E-state index is 13.0. The third kappa shape index (κ3) is 4.38. The van der Waals surface area contributed by atoms with Crippen LogP contribution in [0.4, 0.5) is 15.8 Å². The van der Waals surface area contributed by atoms with Gasteiger partial charge in [0.25, 0.3) is 5.69 Å². The van der Waals surface area contributed by atoms with Gasteiger partial charge in [0.1, 0.15) is 11.5 Å². The molecule has 1 aromatic carbocycles. The van der Waals surface area contributed by atoms with Crippen molar-refractivity contribution in [1.29, 1.82) is 0 Å². The molecule has 5 heteroatoms. The average Bonchev–Trinajstić information content (AvgIpc) is 2.28.